The first-order valence-electron chi connectivity index (χ1n) is 10.6. The van der Waals surface area contributed by atoms with Crippen LogP contribution in [0.4, 0.5) is 5.69 Å². The number of aromatic nitrogens is 3. The second-order valence-electron chi connectivity index (χ2n) is 7.72. The van der Waals surface area contributed by atoms with E-state index in [1.165, 1.54) is 11.8 Å². The van der Waals surface area contributed by atoms with Crippen molar-refractivity contribution < 1.29 is 9.59 Å². The van der Waals surface area contributed by atoms with Gasteiger partial charge in [-0.15, -0.1) is 10.2 Å². The summed E-state index contributed by atoms with van der Waals surface area (Å²) in [5.74, 6) is 0.195. The van der Waals surface area contributed by atoms with Crippen LogP contribution >= 0.6 is 46.6 Å². The Morgan fingerprint density at radius 1 is 1.06 bits per heavy atom. The lowest BCUT2D eigenvalue weighted by atomic mass is 10.0. The molecule has 0 aliphatic rings. The molecule has 0 bridgehead atoms. The summed E-state index contributed by atoms with van der Waals surface area (Å²) in [5, 5.41) is 16.2. The lowest BCUT2D eigenvalue weighted by Gasteiger charge is -2.22. The van der Waals surface area contributed by atoms with Gasteiger partial charge in [0.25, 0.3) is 5.91 Å². The van der Waals surface area contributed by atoms with Crippen molar-refractivity contribution in [2.45, 2.75) is 38.5 Å². The number of hydrogen-bond donors (Lipinski definition) is 2. The summed E-state index contributed by atoms with van der Waals surface area (Å²) in [7, 11) is 0. The van der Waals surface area contributed by atoms with E-state index in [9.17, 15) is 9.59 Å². The van der Waals surface area contributed by atoms with Crippen LogP contribution in [-0.4, -0.2) is 32.3 Å². The molecule has 1 heterocycles. The van der Waals surface area contributed by atoms with Crippen LogP contribution in [0.15, 0.2) is 47.6 Å². The number of thioether (sulfide) groups is 1. The molecule has 2 amide bonds. The summed E-state index contributed by atoms with van der Waals surface area (Å²) in [6.07, 6.45) is 0. The van der Waals surface area contributed by atoms with Gasteiger partial charge in [0.05, 0.1) is 33.1 Å². The highest BCUT2D eigenvalue weighted by atomic mass is 35.5. The SMILES string of the molecule is CCn1c(SCC(=O)Nc2cc(Cl)ccc2Cl)nnc1[C@@H](NC(=O)c1ccccc1Cl)C(C)C. The van der Waals surface area contributed by atoms with Gasteiger partial charge >= 0.3 is 0 Å². The molecule has 34 heavy (non-hydrogen) atoms. The van der Waals surface area contributed by atoms with Crippen molar-refractivity contribution in [2.75, 3.05) is 11.1 Å². The van der Waals surface area contributed by atoms with E-state index < -0.39 is 6.04 Å². The van der Waals surface area contributed by atoms with Gasteiger partial charge in [-0.2, -0.15) is 0 Å². The highest BCUT2D eigenvalue weighted by Crippen LogP contribution is 2.28. The quantitative estimate of drug-likeness (QED) is 0.319. The molecule has 1 aromatic heterocycles. The minimum Gasteiger partial charge on any atom is -0.342 e. The van der Waals surface area contributed by atoms with E-state index in [1.54, 1.807) is 42.5 Å². The predicted octanol–water partition coefficient (Wildman–Crippen LogP) is 6.12. The molecule has 180 valence electrons. The molecule has 11 heteroatoms. The first-order chi connectivity index (χ1) is 16.2. The van der Waals surface area contributed by atoms with Crippen LogP contribution in [0.3, 0.4) is 0 Å². The third-order valence-corrected chi connectivity index (χ3v) is 6.81. The number of carbonyl (C=O) groups is 2. The van der Waals surface area contributed by atoms with E-state index in [2.05, 4.69) is 20.8 Å². The van der Waals surface area contributed by atoms with Crippen molar-refractivity contribution in [1.82, 2.24) is 20.1 Å². The van der Waals surface area contributed by atoms with Crippen molar-refractivity contribution in [3.05, 3.63) is 68.9 Å². The van der Waals surface area contributed by atoms with Gasteiger partial charge < -0.3 is 15.2 Å². The highest BCUT2D eigenvalue weighted by molar-refractivity contribution is 7.99. The van der Waals surface area contributed by atoms with Gasteiger partial charge in [-0.05, 0) is 43.2 Å². The van der Waals surface area contributed by atoms with Crippen LogP contribution in [0.2, 0.25) is 15.1 Å². The molecule has 1 atom stereocenters. The minimum absolute atomic E-state index is 0.0343. The molecule has 2 aromatic carbocycles. The zero-order chi connectivity index (χ0) is 24.8. The molecule has 2 N–H and O–H groups in total. The van der Waals surface area contributed by atoms with Crippen LogP contribution in [0.5, 0.6) is 0 Å². The predicted molar refractivity (Wildman–Crippen MR) is 138 cm³/mol. The largest absolute Gasteiger partial charge is 0.342 e. The summed E-state index contributed by atoms with van der Waals surface area (Å²) in [4.78, 5) is 25.3. The minimum atomic E-state index is -0.398. The molecule has 0 spiro atoms. The Kier molecular flexibility index (Phi) is 9.24. The second kappa shape index (κ2) is 11.9. The first kappa shape index (κ1) is 26.3. The molecule has 0 unspecified atom stereocenters. The molecule has 0 aliphatic carbocycles. The number of nitrogens with zero attached hydrogens (tertiary/aromatic N) is 3. The summed E-state index contributed by atoms with van der Waals surface area (Å²) in [6, 6.07) is 11.3. The molecule has 3 aromatic rings. The number of nitrogens with one attached hydrogen (secondary N) is 2. The van der Waals surface area contributed by atoms with E-state index in [1.807, 2.05) is 25.3 Å². The highest BCUT2D eigenvalue weighted by Gasteiger charge is 2.26. The number of hydrogen-bond acceptors (Lipinski definition) is 5. The van der Waals surface area contributed by atoms with Gasteiger partial charge in [0.2, 0.25) is 5.91 Å². The van der Waals surface area contributed by atoms with Crippen LogP contribution in [0, 0.1) is 5.92 Å². The van der Waals surface area contributed by atoms with Crippen LogP contribution in [-0.2, 0) is 11.3 Å². The number of benzene rings is 2. The molecule has 0 radical (unpaired) electrons. The van der Waals surface area contributed by atoms with Gasteiger partial charge in [0.15, 0.2) is 11.0 Å². The van der Waals surface area contributed by atoms with E-state index in [4.69, 9.17) is 34.8 Å². The molecule has 0 saturated carbocycles. The Labute approximate surface area is 217 Å². The second-order valence-corrected chi connectivity index (χ2v) is 9.91. The van der Waals surface area contributed by atoms with Crippen molar-refractivity contribution in [1.29, 1.82) is 0 Å². The smallest absolute Gasteiger partial charge is 0.253 e. The Morgan fingerprint density at radius 3 is 2.47 bits per heavy atom. The fraction of sp³-hybridized carbons (Fsp3) is 0.304. The number of carbonyl (C=O) groups excluding carboxylic acids is 2. The van der Waals surface area contributed by atoms with Crippen molar-refractivity contribution in [2.24, 2.45) is 5.92 Å². The topological polar surface area (TPSA) is 88.9 Å². The molecule has 0 saturated heterocycles. The molecule has 3 rings (SSSR count). The van der Waals surface area contributed by atoms with Crippen LogP contribution < -0.4 is 10.6 Å². The molecule has 7 nitrogen and oxygen atoms in total. The zero-order valence-corrected chi connectivity index (χ0v) is 21.9. The maximum atomic E-state index is 12.9. The Hall–Kier alpha value is -2.26. The third-order valence-electron chi connectivity index (χ3n) is 4.95. The molecule has 0 fully saturated rings. The molecule has 0 aliphatic heterocycles. The third kappa shape index (κ3) is 6.44. The average Bonchev–Trinajstić information content (AvgIpc) is 3.21. The zero-order valence-electron chi connectivity index (χ0n) is 18.8. The maximum absolute atomic E-state index is 12.9. The van der Waals surface area contributed by atoms with Crippen molar-refractivity contribution in [3.63, 3.8) is 0 Å². The van der Waals surface area contributed by atoms with Gasteiger partial charge in [-0.3, -0.25) is 9.59 Å². The number of anilines is 1. The Balaban J connectivity index is 1.73. The van der Waals surface area contributed by atoms with Gasteiger partial charge in [-0.25, -0.2) is 0 Å². The number of rotatable bonds is 9. The molecular formula is C23H24Cl3N5O2S. The van der Waals surface area contributed by atoms with E-state index in [-0.39, 0.29) is 23.5 Å². The number of halogens is 3. The number of amides is 2. The van der Waals surface area contributed by atoms with E-state index in [0.29, 0.717) is 43.8 Å². The van der Waals surface area contributed by atoms with Gasteiger partial charge in [0, 0.05) is 11.6 Å². The summed E-state index contributed by atoms with van der Waals surface area (Å²) in [5.41, 5.74) is 0.836. The summed E-state index contributed by atoms with van der Waals surface area (Å²) < 4.78 is 1.89. The van der Waals surface area contributed by atoms with Crippen LogP contribution in [0.25, 0.3) is 0 Å². The first-order valence-corrected chi connectivity index (χ1v) is 12.7. The van der Waals surface area contributed by atoms with Crippen LogP contribution in [0.1, 0.15) is 43.0 Å². The monoisotopic (exact) mass is 539 g/mol. The van der Waals surface area contributed by atoms with Gasteiger partial charge in [-0.1, -0.05) is 72.5 Å². The fourth-order valence-corrected chi connectivity index (χ4v) is 4.61. The van der Waals surface area contributed by atoms with Crippen molar-refractivity contribution in [3.8, 4) is 0 Å². The lowest BCUT2D eigenvalue weighted by Crippen LogP contribution is -2.34. The van der Waals surface area contributed by atoms with Gasteiger partial charge in [0.1, 0.15) is 0 Å². The lowest BCUT2D eigenvalue weighted by molar-refractivity contribution is -0.113. The van der Waals surface area contributed by atoms with Crippen molar-refractivity contribution >= 4 is 64.1 Å². The Morgan fingerprint density at radius 2 is 1.79 bits per heavy atom. The summed E-state index contributed by atoms with van der Waals surface area (Å²) >= 11 is 19.5. The molecular weight excluding hydrogens is 517 g/mol. The van der Waals surface area contributed by atoms with E-state index >= 15 is 0 Å². The fourth-order valence-electron chi connectivity index (χ4n) is 3.24. The normalized spacial score (nSPS) is 12.0. The Bertz CT molecular complexity index is 1190. The average molecular weight is 541 g/mol. The summed E-state index contributed by atoms with van der Waals surface area (Å²) in [6.45, 7) is 6.50. The van der Waals surface area contributed by atoms with E-state index in [0.717, 1.165) is 0 Å². The maximum Gasteiger partial charge on any atom is 0.253 e. The standard InChI is InChI=1S/C23H24Cl3N5O2S/c1-4-31-21(20(13(2)3)28-22(33)15-7-5-6-8-16(15)25)29-30-23(31)34-12-19(32)27-18-11-14(24)9-10-17(18)26/h5-11,13,20H,4,12H2,1-3H3,(H,27,32)(H,28,33)/t20-/m0/s1.